The summed E-state index contributed by atoms with van der Waals surface area (Å²) in [6.07, 6.45) is 1.39. The number of hydrogen-bond acceptors (Lipinski definition) is 4. The molecule has 0 unspecified atom stereocenters. The van der Waals surface area contributed by atoms with Gasteiger partial charge >= 0.3 is 5.97 Å². The third kappa shape index (κ3) is 3.40. The number of rotatable bonds is 4. The fourth-order valence-electron chi connectivity index (χ4n) is 1.99. The van der Waals surface area contributed by atoms with Gasteiger partial charge in [0.2, 0.25) is 5.89 Å². The van der Waals surface area contributed by atoms with E-state index in [0.717, 1.165) is 11.6 Å². The molecule has 1 heterocycles. The monoisotopic (exact) mass is 331 g/mol. The molecule has 6 heteroatoms. The van der Waals surface area contributed by atoms with Crippen molar-refractivity contribution >= 4 is 17.6 Å². The van der Waals surface area contributed by atoms with Crippen molar-refractivity contribution in [2.24, 2.45) is 0 Å². The van der Waals surface area contributed by atoms with Crippen LogP contribution in [0.5, 0.6) is 0 Å². The van der Waals surface area contributed by atoms with Crippen LogP contribution in [0.4, 0.5) is 4.39 Å². The summed E-state index contributed by atoms with van der Waals surface area (Å²) in [5, 5.41) is 0.000118. The Kier molecular flexibility index (Phi) is 4.39. The molecule has 0 spiro atoms. The molecule has 0 bridgehead atoms. The minimum Gasteiger partial charge on any atom is -0.455 e. The Hall–Kier alpha value is -2.66. The van der Waals surface area contributed by atoms with Crippen molar-refractivity contribution in [3.8, 4) is 11.5 Å². The van der Waals surface area contributed by atoms with Gasteiger partial charge < -0.3 is 9.15 Å². The Morgan fingerprint density at radius 1 is 1.17 bits per heavy atom. The van der Waals surface area contributed by atoms with Crippen LogP contribution in [0.25, 0.3) is 11.5 Å². The van der Waals surface area contributed by atoms with Gasteiger partial charge in [0.15, 0.2) is 0 Å². The van der Waals surface area contributed by atoms with E-state index in [1.54, 1.807) is 0 Å². The van der Waals surface area contributed by atoms with Crippen LogP contribution in [-0.2, 0) is 11.3 Å². The molecule has 0 amide bonds. The third-order valence-electron chi connectivity index (χ3n) is 3.09. The molecule has 2 aromatic carbocycles. The van der Waals surface area contributed by atoms with E-state index in [-0.39, 0.29) is 17.2 Å². The zero-order valence-electron chi connectivity index (χ0n) is 11.8. The molecule has 0 aliphatic heterocycles. The largest absolute Gasteiger partial charge is 0.455 e. The fourth-order valence-corrected chi connectivity index (χ4v) is 2.23. The van der Waals surface area contributed by atoms with E-state index in [0.29, 0.717) is 11.6 Å². The summed E-state index contributed by atoms with van der Waals surface area (Å²) in [5.41, 5.74) is 0.938. The predicted octanol–water partition coefficient (Wildman–Crippen LogP) is 4.49. The van der Waals surface area contributed by atoms with Crippen LogP contribution in [0.15, 0.2) is 59.2 Å². The predicted molar refractivity (Wildman–Crippen MR) is 82.5 cm³/mol. The summed E-state index contributed by atoms with van der Waals surface area (Å²) in [6, 6.07) is 13.3. The van der Waals surface area contributed by atoms with Gasteiger partial charge in [-0.1, -0.05) is 35.9 Å². The lowest BCUT2D eigenvalue weighted by molar-refractivity contribution is 0.0462. The fraction of sp³-hybridized carbons (Fsp3) is 0.0588. The number of esters is 1. The number of nitrogens with zero attached hydrogens (tertiary/aromatic N) is 1. The van der Waals surface area contributed by atoms with Gasteiger partial charge in [0.25, 0.3) is 0 Å². The lowest BCUT2D eigenvalue weighted by Gasteiger charge is -2.05. The number of benzene rings is 2. The van der Waals surface area contributed by atoms with Crippen LogP contribution in [0, 0.1) is 5.82 Å². The van der Waals surface area contributed by atoms with E-state index in [4.69, 9.17) is 20.8 Å². The van der Waals surface area contributed by atoms with Crippen molar-refractivity contribution in [1.82, 2.24) is 4.98 Å². The Morgan fingerprint density at radius 2 is 1.96 bits per heavy atom. The van der Waals surface area contributed by atoms with Crippen molar-refractivity contribution in [1.29, 1.82) is 0 Å². The minimum absolute atomic E-state index is 0.000118. The molecular formula is C17H11ClFNO3. The Labute approximate surface area is 136 Å². The van der Waals surface area contributed by atoms with Crippen molar-refractivity contribution < 1.29 is 18.3 Å². The standard InChI is InChI=1S/C17H11ClFNO3/c18-13-7-4-8-14(19)15(13)17(21)23-10-12-9-22-16(20-12)11-5-2-1-3-6-11/h1-9H,10H2. The second kappa shape index (κ2) is 6.62. The zero-order valence-corrected chi connectivity index (χ0v) is 12.6. The number of aromatic nitrogens is 1. The normalized spacial score (nSPS) is 10.5. The van der Waals surface area contributed by atoms with Crippen molar-refractivity contribution in [3.05, 3.63) is 76.9 Å². The minimum atomic E-state index is -0.850. The first-order valence-electron chi connectivity index (χ1n) is 6.76. The molecule has 0 saturated heterocycles. The number of hydrogen-bond donors (Lipinski definition) is 0. The molecule has 0 radical (unpaired) electrons. The molecule has 0 aliphatic rings. The van der Waals surface area contributed by atoms with Gasteiger partial charge in [-0.3, -0.25) is 0 Å². The van der Waals surface area contributed by atoms with E-state index in [1.807, 2.05) is 30.3 Å². The van der Waals surface area contributed by atoms with Crippen LogP contribution in [0.2, 0.25) is 5.02 Å². The molecule has 0 saturated carbocycles. The highest BCUT2D eigenvalue weighted by molar-refractivity contribution is 6.33. The number of carbonyl (C=O) groups is 1. The molecule has 116 valence electrons. The third-order valence-corrected chi connectivity index (χ3v) is 3.41. The van der Waals surface area contributed by atoms with E-state index >= 15 is 0 Å². The van der Waals surface area contributed by atoms with Gasteiger partial charge in [-0.15, -0.1) is 0 Å². The maximum absolute atomic E-state index is 13.6. The quantitative estimate of drug-likeness (QED) is 0.661. The van der Waals surface area contributed by atoms with Crippen molar-refractivity contribution in [2.75, 3.05) is 0 Å². The Morgan fingerprint density at radius 3 is 2.70 bits per heavy atom. The maximum Gasteiger partial charge on any atom is 0.343 e. The SMILES string of the molecule is O=C(OCc1coc(-c2ccccc2)n1)c1c(F)cccc1Cl. The number of oxazole rings is 1. The molecule has 0 fully saturated rings. The first-order valence-corrected chi connectivity index (χ1v) is 7.14. The van der Waals surface area contributed by atoms with Crippen LogP contribution in [0.3, 0.4) is 0 Å². The maximum atomic E-state index is 13.6. The summed E-state index contributed by atoms with van der Waals surface area (Å²) in [5.74, 6) is -1.16. The number of halogens is 2. The molecule has 0 N–H and O–H groups in total. The highest BCUT2D eigenvalue weighted by Crippen LogP contribution is 2.21. The molecule has 0 aliphatic carbocycles. The van der Waals surface area contributed by atoms with Gasteiger partial charge in [0, 0.05) is 5.56 Å². The smallest absolute Gasteiger partial charge is 0.343 e. The van der Waals surface area contributed by atoms with Crippen LogP contribution in [-0.4, -0.2) is 11.0 Å². The lowest BCUT2D eigenvalue weighted by atomic mass is 10.2. The van der Waals surface area contributed by atoms with Gasteiger partial charge in [-0.25, -0.2) is 14.2 Å². The molecule has 3 rings (SSSR count). The highest BCUT2D eigenvalue weighted by Gasteiger charge is 2.18. The number of carbonyl (C=O) groups excluding carboxylic acids is 1. The molecule has 23 heavy (non-hydrogen) atoms. The zero-order chi connectivity index (χ0) is 16.2. The second-order valence-electron chi connectivity index (χ2n) is 4.68. The van der Waals surface area contributed by atoms with Gasteiger partial charge in [0.05, 0.1) is 5.02 Å². The van der Waals surface area contributed by atoms with Gasteiger partial charge in [0.1, 0.15) is 29.9 Å². The summed E-state index contributed by atoms with van der Waals surface area (Å²) in [7, 11) is 0. The molecule has 3 aromatic rings. The van der Waals surface area contributed by atoms with Crippen molar-refractivity contribution in [2.45, 2.75) is 6.61 Å². The summed E-state index contributed by atoms with van der Waals surface area (Å²) < 4.78 is 24.0. The van der Waals surface area contributed by atoms with E-state index < -0.39 is 11.8 Å². The summed E-state index contributed by atoms with van der Waals surface area (Å²) >= 11 is 5.82. The molecule has 0 atom stereocenters. The average Bonchev–Trinajstić information content (AvgIpc) is 3.02. The lowest BCUT2D eigenvalue weighted by Crippen LogP contribution is -2.08. The second-order valence-corrected chi connectivity index (χ2v) is 5.09. The Balaban J connectivity index is 1.70. The molecule has 4 nitrogen and oxygen atoms in total. The average molecular weight is 332 g/mol. The first kappa shape index (κ1) is 15.2. The highest BCUT2D eigenvalue weighted by atomic mass is 35.5. The van der Waals surface area contributed by atoms with Crippen LogP contribution < -0.4 is 0 Å². The van der Waals surface area contributed by atoms with Crippen LogP contribution in [0.1, 0.15) is 16.1 Å². The summed E-state index contributed by atoms with van der Waals surface area (Å²) in [4.78, 5) is 16.2. The van der Waals surface area contributed by atoms with E-state index in [1.165, 1.54) is 18.4 Å². The van der Waals surface area contributed by atoms with E-state index in [9.17, 15) is 9.18 Å². The van der Waals surface area contributed by atoms with Crippen molar-refractivity contribution in [3.63, 3.8) is 0 Å². The van der Waals surface area contributed by atoms with Gasteiger partial charge in [-0.05, 0) is 24.3 Å². The molecular weight excluding hydrogens is 321 g/mol. The number of ether oxygens (including phenoxy) is 1. The summed E-state index contributed by atoms with van der Waals surface area (Å²) in [6.45, 7) is -0.139. The van der Waals surface area contributed by atoms with Gasteiger partial charge in [-0.2, -0.15) is 0 Å². The van der Waals surface area contributed by atoms with E-state index in [2.05, 4.69) is 4.98 Å². The first-order chi connectivity index (χ1) is 11.1. The molecule has 1 aromatic heterocycles. The van der Waals surface area contributed by atoms with Crippen LogP contribution >= 0.6 is 11.6 Å². The Bertz CT molecular complexity index is 813. The topological polar surface area (TPSA) is 52.3 Å².